The number of carbonyl (C=O) groups is 1. The summed E-state index contributed by atoms with van der Waals surface area (Å²) in [6.07, 6.45) is 7.15. The number of amides is 1. The first-order valence-electron chi connectivity index (χ1n) is 6.48. The van der Waals surface area contributed by atoms with E-state index in [-0.39, 0.29) is 11.4 Å². The molecule has 0 saturated heterocycles. The van der Waals surface area contributed by atoms with Crippen LogP contribution in [0.25, 0.3) is 0 Å². The zero-order valence-electron chi connectivity index (χ0n) is 11.5. The fourth-order valence-electron chi connectivity index (χ4n) is 2.20. The van der Waals surface area contributed by atoms with Crippen molar-refractivity contribution in [3.63, 3.8) is 0 Å². The van der Waals surface area contributed by atoms with Crippen molar-refractivity contribution in [2.24, 2.45) is 0 Å². The fraction of sp³-hybridized carbons (Fsp3) is 0.923. The third-order valence-electron chi connectivity index (χ3n) is 3.07. The SMILES string of the molecule is CSC1CCC(NCC(=O)NC(C)(C)C)CC1. The molecule has 1 amide bonds. The van der Waals surface area contributed by atoms with E-state index >= 15 is 0 Å². The number of rotatable bonds is 4. The van der Waals surface area contributed by atoms with Gasteiger partial charge in [-0.3, -0.25) is 4.79 Å². The lowest BCUT2D eigenvalue weighted by Gasteiger charge is -2.28. The first-order valence-corrected chi connectivity index (χ1v) is 7.76. The Labute approximate surface area is 109 Å². The maximum Gasteiger partial charge on any atom is 0.234 e. The van der Waals surface area contributed by atoms with Crippen molar-refractivity contribution in [2.75, 3.05) is 12.8 Å². The van der Waals surface area contributed by atoms with Crippen molar-refractivity contribution < 1.29 is 4.79 Å². The van der Waals surface area contributed by atoms with Crippen LogP contribution in [-0.2, 0) is 4.79 Å². The van der Waals surface area contributed by atoms with Gasteiger partial charge in [0, 0.05) is 16.8 Å². The van der Waals surface area contributed by atoms with Gasteiger partial charge >= 0.3 is 0 Å². The van der Waals surface area contributed by atoms with Gasteiger partial charge in [0.15, 0.2) is 0 Å². The molecule has 0 aromatic carbocycles. The van der Waals surface area contributed by atoms with E-state index in [2.05, 4.69) is 16.9 Å². The Morgan fingerprint density at radius 3 is 2.29 bits per heavy atom. The van der Waals surface area contributed by atoms with E-state index in [1.54, 1.807) is 0 Å². The van der Waals surface area contributed by atoms with Gasteiger partial charge in [-0.25, -0.2) is 0 Å². The van der Waals surface area contributed by atoms with Crippen LogP contribution in [0.3, 0.4) is 0 Å². The molecule has 4 heteroatoms. The quantitative estimate of drug-likeness (QED) is 0.812. The highest BCUT2D eigenvalue weighted by Gasteiger charge is 2.21. The van der Waals surface area contributed by atoms with Gasteiger partial charge in [0.05, 0.1) is 6.54 Å². The van der Waals surface area contributed by atoms with Gasteiger partial charge in [-0.05, 0) is 52.7 Å². The molecule has 0 aromatic heterocycles. The second-order valence-corrected chi connectivity index (χ2v) is 7.03. The van der Waals surface area contributed by atoms with Gasteiger partial charge in [-0.2, -0.15) is 11.8 Å². The molecule has 0 spiro atoms. The molecule has 1 fully saturated rings. The highest BCUT2D eigenvalue weighted by Crippen LogP contribution is 2.26. The Bertz CT molecular complexity index is 242. The monoisotopic (exact) mass is 258 g/mol. The highest BCUT2D eigenvalue weighted by molar-refractivity contribution is 7.99. The molecule has 0 heterocycles. The Balaban J connectivity index is 2.17. The normalized spacial score (nSPS) is 25.6. The lowest BCUT2D eigenvalue weighted by atomic mass is 9.95. The minimum Gasteiger partial charge on any atom is -0.350 e. The third-order valence-corrected chi connectivity index (χ3v) is 4.21. The van der Waals surface area contributed by atoms with Crippen molar-refractivity contribution in [3.05, 3.63) is 0 Å². The predicted molar refractivity (Wildman–Crippen MR) is 75.5 cm³/mol. The van der Waals surface area contributed by atoms with Gasteiger partial charge in [0.1, 0.15) is 0 Å². The van der Waals surface area contributed by atoms with Crippen LogP contribution in [0.5, 0.6) is 0 Å². The van der Waals surface area contributed by atoms with Crippen LogP contribution in [0.15, 0.2) is 0 Å². The Morgan fingerprint density at radius 1 is 1.24 bits per heavy atom. The van der Waals surface area contributed by atoms with Crippen LogP contribution in [0.1, 0.15) is 46.5 Å². The van der Waals surface area contributed by atoms with Gasteiger partial charge in [-0.1, -0.05) is 0 Å². The molecule has 0 unspecified atom stereocenters. The van der Waals surface area contributed by atoms with Crippen molar-refractivity contribution in [1.82, 2.24) is 10.6 Å². The summed E-state index contributed by atoms with van der Waals surface area (Å²) in [5, 5.41) is 7.17. The number of carbonyl (C=O) groups excluding carboxylic acids is 1. The predicted octanol–water partition coefficient (Wildman–Crippen LogP) is 2.16. The molecule has 0 atom stereocenters. The van der Waals surface area contributed by atoms with E-state index < -0.39 is 0 Å². The topological polar surface area (TPSA) is 41.1 Å². The second-order valence-electron chi connectivity index (χ2n) is 5.89. The highest BCUT2D eigenvalue weighted by atomic mass is 32.2. The van der Waals surface area contributed by atoms with Crippen LogP contribution in [0, 0.1) is 0 Å². The summed E-state index contributed by atoms with van der Waals surface area (Å²) in [5.41, 5.74) is -0.130. The molecular formula is C13H26N2OS. The largest absolute Gasteiger partial charge is 0.350 e. The summed E-state index contributed by atoms with van der Waals surface area (Å²) in [6.45, 7) is 6.48. The zero-order chi connectivity index (χ0) is 12.9. The summed E-state index contributed by atoms with van der Waals surface area (Å²) < 4.78 is 0. The molecule has 0 aliphatic heterocycles. The molecule has 2 N–H and O–H groups in total. The third kappa shape index (κ3) is 6.32. The molecular weight excluding hydrogens is 232 g/mol. The maximum absolute atomic E-state index is 11.6. The van der Waals surface area contributed by atoms with E-state index in [1.165, 1.54) is 25.7 Å². The van der Waals surface area contributed by atoms with Crippen molar-refractivity contribution in [2.45, 2.75) is 63.3 Å². The lowest BCUT2D eigenvalue weighted by Crippen LogP contribution is -2.47. The average Bonchev–Trinajstić information content (AvgIpc) is 2.25. The summed E-state index contributed by atoms with van der Waals surface area (Å²) in [7, 11) is 0. The van der Waals surface area contributed by atoms with Gasteiger partial charge in [0.25, 0.3) is 0 Å². The van der Waals surface area contributed by atoms with Crippen molar-refractivity contribution in [3.8, 4) is 0 Å². The van der Waals surface area contributed by atoms with Gasteiger partial charge < -0.3 is 10.6 Å². The Kier molecular flexibility index (Phi) is 5.80. The summed E-state index contributed by atoms with van der Waals surface area (Å²) in [6, 6.07) is 0.532. The summed E-state index contributed by atoms with van der Waals surface area (Å²) in [4.78, 5) is 11.6. The van der Waals surface area contributed by atoms with E-state index in [0.29, 0.717) is 12.6 Å². The molecule has 1 aliphatic rings. The van der Waals surface area contributed by atoms with Crippen LogP contribution in [0.2, 0.25) is 0 Å². The standard InChI is InChI=1S/C13H26N2OS/c1-13(2,3)15-12(16)9-14-10-5-7-11(17-4)8-6-10/h10-11,14H,5-9H2,1-4H3,(H,15,16). The van der Waals surface area contributed by atoms with Crippen LogP contribution < -0.4 is 10.6 Å². The molecule has 1 rings (SSSR count). The molecule has 0 bridgehead atoms. The molecule has 17 heavy (non-hydrogen) atoms. The molecule has 100 valence electrons. The molecule has 3 nitrogen and oxygen atoms in total. The van der Waals surface area contributed by atoms with E-state index in [1.807, 2.05) is 32.5 Å². The van der Waals surface area contributed by atoms with Crippen LogP contribution in [0.4, 0.5) is 0 Å². The van der Waals surface area contributed by atoms with Crippen LogP contribution in [-0.4, -0.2) is 35.5 Å². The van der Waals surface area contributed by atoms with Crippen molar-refractivity contribution in [1.29, 1.82) is 0 Å². The molecule has 1 aliphatic carbocycles. The number of hydrogen-bond acceptors (Lipinski definition) is 3. The number of thioether (sulfide) groups is 1. The van der Waals surface area contributed by atoms with E-state index in [0.717, 1.165) is 5.25 Å². The lowest BCUT2D eigenvalue weighted by molar-refractivity contribution is -0.121. The Hall–Kier alpha value is -0.220. The maximum atomic E-state index is 11.6. The zero-order valence-corrected chi connectivity index (χ0v) is 12.3. The fourth-order valence-corrected chi connectivity index (χ4v) is 2.95. The number of hydrogen-bond donors (Lipinski definition) is 2. The first kappa shape index (κ1) is 14.8. The Morgan fingerprint density at radius 2 is 1.82 bits per heavy atom. The number of nitrogens with one attached hydrogen (secondary N) is 2. The smallest absolute Gasteiger partial charge is 0.234 e. The average molecular weight is 258 g/mol. The minimum atomic E-state index is -0.130. The van der Waals surface area contributed by atoms with E-state index in [9.17, 15) is 4.79 Å². The van der Waals surface area contributed by atoms with Gasteiger partial charge in [-0.15, -0.1) is 0 Å². The molecule has 0 aromatic rings. The summed E-state index contributed by atoms with van der Waals surface area (Å²) >= 11 is 1.97. The first-order chi connectivity index (χ1) is 7.90. The second kappa shape index (κ2) is 6.64. The summed E-state index contributed by atoms with van der Waals surface area (Å²) in [5.74, 6) is 0.101. The van der Waals surface area contributed by atoms with Gasteiger partial charge in [0.2, 0.25) is 5.91 Å². The van der Waals surface area contributed by atoms with Crippen molar-refractivity contribution >= 4 is 17.7 Å². The van der Waals surface area contributed by atoms with Crippen LogP contribution >= 0.6 is 11.8 Å². The molecule has 1 saturated carbocycles. The molecule has 0 radical (unpaired) electrons. The van der Waals surface area contributed by atoms with E-state index in [4.69, 9.17) is 0 Å². The minimum absolute atomic E-state index is 0.101.